The van der Waals surface area contributed by atoms with Crippen LogP contribution in [0.5, 0.6) is 0 Å². The fourth-order valence-electron chi connectivity index (χ4n) is 1.00. The highest BCUT2D eigenvalue weighted by Gasteiger charge is 2.19. The molecule has 7 nitrogen and oxygen atoms in total. The Hall–Kier alpha value is -1.28. The maximum Gasteiger partial charge on any atom is 0.343 e. The van der Waals surface area contributed by atoms with Crippen LogP contribution in [0.2, 0.25) is 0 Å². The van der Waals surface area contributed by atoms with Gasteiger partial charge in [0.2, 0.25) is 0 Å². The molecule has 0 aliphatic heterocycles. The SMILES string of the molecule is CCOC(CSc1n[nH]c(=O)n1C)C(=O)O. The largest absolute Gasteiger partial charge is 0.479 e. The number of nitrogens with zero attached hydrogens (tertiary/aromatic N) is 2. The van der Waals surface area contributed by atoms with E-state index >= 15 is 0 Å². The van der Waals surface area contributed by atoms with E-state index < -0.39 is 12.1 Å². The number of rotatable bonds is 6. The summed E-state index contributed by atoms with van der Waals surface area (Å²) in [7, 11) is 1.56. The smallest absolute Gasteiger partial charge is 0.343 e. The topological polar surface area (TPSA) is 97.2 Å². The van der Waals surface area contributed by atoms with Crippen molar-refractivity contribution in [1.29, 1.82) is 0 Å². The number of aliphatic carboxylic acids is 1. The number of nitrogens with one attached hydrogen (secondary N) is 1. The molecule has 0 radical (unpaired) electrons. The normalized spacial score (nSPS) is 12.6. The highest BCUT2D eigenvalue weighted by molar-refractivity contribution is 7.99. The number of thioether (sulfide) groups is 1. The van der Waals surface area contributed by atoms with Gasteiger partial charge in [-0.15, -0.1) is 5.10 Å². The van der Waals surface area contributed by atoms with Crippen molar-refractivity contribution in [3.63, 3.8) is 0 Å². The van der Waals surface area contributed by atoms with Crippen molar-refractivity contribution in [2.75, 3.05) is 12.4 Å². The van der Waals surface area contributed by atoms with Gasteiger partial charge in [0.15, 0.2) is 11.3 Å². The van der Waals surface area contributed by atoms with Crippen LogP contribution < -0.4 is 5.69 Å². The summed E-state index contributed by atoms with van der Waals surface area (Å²) in [6.07, 6.45) is -0.887. The van der Waals surface area contributed by atoms with E-state index in [2.05, 4.69) is 10.2 Å². The van der Waals surface area contributed by atoms with Crippen LogP contribution in [-0.4, -0.2) is 44.3 Å². The molecule has 0 bridgehead atoms. The van der Waals surface area contributed by atoms with Crippen molar-refractivity contribution < 1.29 is 14.6 Å². The Morgan fingerprint density at radius 2 is 2.44 bits per heavy atom. The fourth-order valence-corrected chi connectivity index (χ4v) is 1.93. The first-order chi connectivity index (χ1) is 7.56. The first kappa shape index (κ1) is 12.8. The molecule has 0 saturated carbocycles. The average molecular weight is 247 g/mol. The number of ether oxygens (including phenoxy) is 1. The Balaban J connectivity index is 2.58. The minimum absolute atomic E-state index is 0.210. The average Bonchev–Trinajstić information content (AvgIpc) is 2.55. The van der Waals surface area contributed by atoms with E-state index in [-0.39, 0.29) is 11.4 Å². The Morgan fingerprint density at radius 1 is 1.75 bits per heavy atom. The summed E-state index contributed by atoms with van der Waals surface area (Å²) in [6, 6.07) is 0. The fraction of sp³-hybridized carbons (Fsp3) is 0.625. The Kier molecular flexibility index (Phi) is 4.56. The molecule has 0 saturated heterocycles. The van der Waals surface area contributed by atoms with Crippen molar-refractivity contribution in [2.24, 2.45) is 7.05 Å². The molecular formula is C8H13N3O4S. The van der Waals surface area contributed by atoms with Gasteiger partial charge < -0.3 is 9.84 Å². The minimum Gasteiger partial charge on any atom is -0.479 e. The number of hydrogen-bond acceptors (Lipinski definition) is 5. The van der Waals surface area contributed by atoms with Crippen molar-refractivity contribution in [3.05, 3.63) is 10.5 Å². The van der Waals surface area contributed by atoms with Crippen molar-refractivity contribution in [3.8, 4) is 0 Å². The number of aromatic amines is 1. The summed E-state index contributed by atoms with van der Waals surface area (Å²) in [5.41, 5.74) is -0.328. The van der Waals surface area contributed by atoms with Gasteiger partial charge in [-0.2, -0.15) is 0 Å². The van der Waals surface area contributed by atoms with Crippen molar-refractivity contribution in [1.82, 2.24) is 14.8 Å². The lowest BCUT2D eigenvalue weighted by Gasteiger charge is -2.10. The zero-order chi connectivity index (χ0) is 12.1. The number of H-pyrrole nitrogens is 1. The van der Waals surface area contributed by atoms with Crippen LogP contribution in [0.4, 0.5) is 0 Å². The van der Waals surface area contributed by atoms with Gasteiger partial charge in [-0.25, -0.2) is 14.7 Å². The molecule has 8 heteroatoms. The van der Waals surface area contributed by atoms with Gasteiger partial charge in [-0.1, -0.05) is 11.8 Å². The third-order valence-electron chi connectivity index (χ3n) is 1.85. The Bertz CT molecular complexity index is 414. The van der Waals surface area contributed by atoms with Crippen LogP contribution in [-0.2, 0) is 16.6 Å². The second-order valence-electron chi connectivity index (χ2n) is 2.96. The highest BCUT2D eigenvalue weighted by Crippen LogP contribution is 2.14. The minimum atomic E-state index is -1.02. The van der Waals surface area contributed by atoms with Crippen molar-refractivity contribution >= 4 is 17.7 Å². The third kappa shape index (κ3) is 3.11. The van der Waals surface area contributed by atoms with Crippen LogP contribution in [0.15, 0.2) is 9.95 Å². The van der Waals surface area contributed by atoms with Crippen LogP contribution in [0.3, 0.4) is 0 Å². The zero-order valence-electron chi connectivity index (χ0n) is 8.97. The van der Waals surface area contributed by atoms with Gasteiger partial charge in [0.1, 0.15) is 0 Å². The van der Waals surface area contributed by atoms with E-state index in [1.165, 1.54) is 4.57 Å². The highest BCUT2D eigenvalue weighted by atomic mass is 32.2. The van der Waals surface area contributed by atoms with Gasteiger partial charge in [0.25, 0.3) is 0 Å². The van der Waals surface area contributed by atoms with Gasteiger partial charge in [-0.3, -0.25) is 4.57 Å². The second-order valence-corrected chi connectivity index (χ2v) is 3.95. The predicted octanol–water partition coefficient (Wildman–Crippen LogP) is -0.310. The molecule has 90 valence electrons. The van der Waals surface area contributed by atoms with E-state index in [1.54, 1.807) is 14.0 Å². The molecule has 1 aromatic heterocycles. The first-order valence-corrected chi connectivity index (χ1v) is 5.63. The quantitative estimate of drug-likeness (QED) is 0.669. The lowest BCUT2D eigenvalue weighted by molar-refractivity contribution is -0.148. The number of carbonyl (C=O) groups is 1. The summed E-state index contributed by atoms with van der Waals surface area (Å²) in [4.78, 5) is 21.8. The van der Waals surface area contributed by atoms with Crippen LogP contribution >= 0.6 is 11.8 Å². The summed E-state index contributed by atoms with van der Waals surface area (Å²) >= 11 is 1.16. The van der Waals surface area contributed by atoms with Crippen LogP contribution in [0.1, 0.15) is 6.92 Å². The predicted molar refractivity (Wildman–Crippen MR) is 57.6 cm³/mol. The summed E-state index contributed by atoms with van der Waals surface area (Å²) in [6.45, 7) is 2.06. The number of carboxylic acids is 1. The first-order valence-electron chi connectivity index (χ1n) is 4.64. The molecule has 1 aromatic rings. The molecule has 1 atom stereocenters. The molecule has 1 unspecified atom stereocenters. The van der Waals surface area contributed by atoms with Gasteiger partial charge in [0, 0.05) is 19.4 Å². The van der Waals surface area contributed by atoms with Gasteiger partial charge in [-0.05, 0) is 6.92 Å². The second kappa shape index (κ2) is 5.71. The lowest BCUT2D eigenvalue weighted by Crippen LogP contribution is -2.26. The maximum atomic E-state index is 11.0. The summed E-state index contributed by atoms with van der Waals surface area (Å²) in [5.74, 6) is -0.809. The van der Waals surface area contributed by atoms with Gasteiger partial charge >= 0.3 is 11.7 Å². The molecule has 0 fully saturated rings. The molecule has 0 amide bonds. The monoisotopic (exact) mass is 247 g/mol. The van der Waals surface area contributed by atoms with E-state index in [0.717, 1.165) is 11.8 Å². The molecular weight excluding hydrogens is 234 g/mol. The number of hydrogen-bond donors (Lipinski definition) is 2. The molecule has 1 rings (SSSR count). The molecule has 0 aliphatic carbocycles. The molecule has 0 aromatic carbocycles. The van der Waals surface area contributed by atoms with E-state index in [1.807, 2.05) is 0 Å². The maximum absolute atomic E-state index is 11.0. The zero-order valence-corrected chi connectivity index (χ0v) is 9.78. The Labute approximate surface area is 95.8 Å². The third-order valence-corrected chi connectivity index (χ3v) is 2.94. The van der Waals surface area contributed by atoms with Crippen LogP contribution in [0, 0.1) is 0 Å². The Morgan fingerprint density at radius 3 is 2.88 bits per heavy atom. The number of carboxylic acid groups (broad SMARTS) is 1. The molecule has 2 N–H and O–H groups in total. The van der Waals surface area contributed by atoms with E-state index in [4.69, 9.17) is 9.84 Å². The van der Waals surface area contributed by atoms with Crippen molar-refractivity contribution in [2.45, 2.75) is 18.2 Å². The summed E-state index contributed by atoms with van der Waals surface area (Å²) < 4.78 is 6.34. The van der Waals surface area contributed by atoms with Gasteiger partial charge in [0.05, 0.1) is 0 Å². The van der Waals surface area contributed by atoms with Crippen LogP contribution in [0.25, 0.3) is 0 Å². The molecule has 1 heterocycles. The molecule has 0 spiro atoms. The standard InChI is InChI=1S/C8H13N3O4S/c1-3-15-5(6(12)13)4-16-8-10-9-7(14)11(8)2/h5H,3-4H2,1-2H3,(H,9,14)(H,12,13). The number of aromatic nitrogens is 3. The molecule has 0 aliphatic rings. The van der Waals surface area contributed by atoms with E-state index in [0.29, 0.717) is 11.8 Å². The summed E-state index contributed by atoms with van der Waals surface area (Å²) in [5, 5.41) is 15.3. The van der Waals surface area contributed by atoms with E-state index in [9.17, 15) is 9.59 Å². The lowest BCUT2D eigenvalue weighted by atomic mass is 10.4. The molecule has 16 heavy (non-hydrogen) atoms.